The maximum atomic E-state index is 13.2. The predicted octanol–water partition coefficient (Wildman–Crippen LogP) is 4.81. The van der Waals surface area contributed by atoms with Crippen molar-refractivity contribution < 1.29 is 18.8 Å². The van der Waals surface area contributed by atoms with Crippen LogP contribution in [-0.4, -0.2) is 54.4 Å². The van der Waals surface area contributed by atoms with E-state index in [4.69, 9.17) is 14.0 Å². The van der Waals surface area contributed by atoms with Crippen molar-refractivity contribution in [2.45, 2.75) is 13.5 Å². The topological polar surface area (TPSA) is 89.7 Å². The third-order valence-electron chi connectivity index (χ3n) is 6.20. The Morgan fingerprint density at radius 1 is 1.00 bits per heavy atom. The third kappa shape index (κ3) is 5.15. The highest BCUT2D eigenvalue weighted by Gasteiger charge is 2.23. The molecule has 184 valence electrons. The molecular weight excluding hydrogens is 456 g/mol. The normalized spacial score (nSPS) is 13.9. The Morgan fingerprint density at radius 3 is 2.47 bits per heavy atom. The van der Waals surface area contributed by atoms with E-state index in [0.29, 0.717) is 28.6 Å². The van der Waals surface area contributed by atoms with E-state index in [2.05, 4.69) is 44.6 Å². The van der Waals surface area contributed by atoms with Gasteiger partial charge in [-0.3, -0.25) is 9.69 Å². The molecule has 36 heavy (non-hydrogen) atoms. The van der Waals surface area contributed by atoms with Crippen molar-refractivity contribution in [2.24, 2.45) is 0 Å². The average Bonchev–Trinajstić information content (AvgIpc) is 3.32. The number of anilines is 1. The van der Waals surface area contributed by atoms with Gasteiger partial charge in [0.1, 0.15) is 22.7 Å². The van der Waals surface area contributed by atoms with E-state index < -0.39 is 0 Å². The van der Waals surface area contributed by atoms with Crippen LogP contribution in [0.25, 0.3) is 22.5 Å². The van der Waals surface area contributed by atoms with Crippen molar-refractivity contribution in [3.63, 3.8) is 0 Å². The lowest BCUT2D eigenvalue weighted by molar-refractivity contribution is 0.0342. The molecule has 1 fully saturated rings. The molecule has 5 rings (SSSR count). The van der Waals surface area contributed by atoms with Crippen molar-refractivity contribution in [3.05, 3.63) is 83.6 Å². The van der Waals surface area contributed by atoms with Gasteiger partial charge < -0.3 is 19.3 Å². The Hall–Kier alpha value is -4.01. The zero-order chi connectivity index (χ0) is 24.9. The van der Waals surface area contributed by atoms with Crippen LogP contribution in [0.4, 0.5) is 5.69 Å². The molecule has 2 aromatic carbocycles. The lowest BCUT2D eigenvalue weighted by atomic mass is 10.1. The Labute approximate surface area is 209 Å². The minimum atomic E-state index is -0.340. The molecular formula is C28H28N4O4. The van der Waals surface area contributed by atoms with Crippen LogP contribution in [0.3, 0.4) is 0 Å². The Kier molecular flexibility index (Phi) is 7.06. The number of nitrogens with zero attached hydrogens (tertiary/aromatic N) is 3. The molecule has 0 spiro atoms. The summed E-state index contributed by atoms with van der Waals surface area (Å²) in [6.45, 7) is 6.10. The zero-order valence-electron chi connectivity index (χ0n) is 20.4. The fourth-order valence-electron chi connectivity index (χ4n) is 4.27. The number of methoxy groups -OCH3 is 1. The molecule has 0 bridgehead atoms. The quantitative estimate of drug-likeness (QED) is 0.403. The SMILES string of the molecule is COc1nc(-c2ccc(CN3CCOCC3)cc2)ccc1NC(=O)c1c(-c2ccccc2)noc1C. The second-order valence-electron chi connectivity index (χ2n) is 8.62. The summed E-state index contributed by atoms with van der Waals surface area (Å²) in [6, 6.07) is 21.5. The largest absolute Gasteiger partial charge is 0.479 e. The number of pyridine rings is 1. The summed E-state index contributed by atoms with van der Waals surface area (Å²) < 4.78 is 16.3. The summed E-state index contributed by atoms with van der Waals surface area (Å²) >= 11 is 0. The number of aryl methyl sites for hydroxylation is 1. The number of hydrogen-bond acceptors (Lipinski definition) is 7. The zero-order valence-corrected chi connectivity index (χ0v) is 20.4. The lowest BCUT2D eigenvalue weighted by Gasteiger charge is -2.26. The van der Waals surface area contributed by atoms with Crippen molar-refractivity contribution >= 4 is 11.6 Å². The van der Waals surface area contributed by atoms with Crippen molar-refractivity contribution in [3.8, 4) is 28.4 Å². The van der Waals surface area contributed by atoms with Gasteiger partial charge >= 0.3 is 0 Å². The highest BCUT2D eigenvalue weighted by atomic mass is 16.5. The molecule has 2 aromatic heterocycles. The molecule has 1 saturated heterocycles. The van der Waals surface area contributed by atoms with Crippen LogP contribution < -0.4 is 10.1 Å². The Morgan fingerprint density at radius 2 is 1.75 bits per heavy atom. The minimum absolute atomic E-state index is 0.327. The number of ether oxygens (including phenoxy) is 2. The van der Waals surface area contributed by atoms with E-state index in [-0.39, 0.29) is 5.91 Å². The number of aromatic nitrogens is 2. The van der Waals surface area contributed by atoms with Gasteiger partial charge in [0, 0.05) is 30.8 Å². The fourth-order valence-corrected chi connectivity index (χ4v) is 4.27. The minimum Gasteiger partial charge on any atom is -0.479 e. The van der Waals surface area contributed by atoms with E-state index >= 15 is 0 Å². The molecule has 8 heteroatoms. The monoisotopic (exact) mass is 484 g/mol. The number of rotatable bonds is 7. The van der Waals surface area contributed by atoms with Crippen LogP contribution in [0, 0.1) is 6.92 Å². The van der Waals surface area contributed by atoms with E-state index in [1.54, 1.807) is 13.0 Å². The van der Waals surface area contributed by atoms with Crippen LogP contribution in [0.5, 0.6) is 5.88 Å². The van der Waals surface area contributed by atoms with Gasteiger partial charge in [-0.2, -0.15) is 0 Å². The number of carbonyl (C=O) groups excluding carboxylic acids is 1. The maximum absolute atomic E-state index is 13.2. The van der Waals surface area contributed by atoms with Crippen LogP contribution in [0.1, 0.15) is 21.7 Å². The first-order valence-corrected chi connectivity index (χ1v) is 11.9. The summed E-state index contributed by atoms with van der Waals surface area (Å²) in [7, 11) is 1.53. The van der Waals surface area contributed by atoms with Gasteiger partial charge in [-0.05, 0) is 24.6 Å². The molecule has 1 N–H and O–H groups in total. The van der Waals surface area contributed by atoms with Crippen LogP contribution in [-0.2, 0) is 11.3 Å². The summed E-state index contributed by atoms with van der Waals surface area (Å²) in [5.74, 6) is 0.425. The van der Waals surface area contributed by atoms with E-state index in [9.17, 15) is 4.79 Å². The number of morpholine rings is 1. The first-order valence-electron chi connectivity index (χ1n) is 11.9. The molecule has 0 saturated carbocycles. The second kappa shape index (κ2) is 10.7. The predicted molar refractivity (Wildman–Crippen MR) is 137 cm³/mol. The van der Waals surface area contributed by atoms with Gasteiger partial charge in [-0.1, -0.05) is 59.8 Å². The highest BCUT2D eigenvalue weighted by Crippen LogP contribution is 2.30. The van der Waals surface area contributed by atoms with Gasteiger partial charge in [0.05, 0.1) is 26.0 Å². The number of hydrogen-bond donors (Lipinski definition) is 1. The third-order valence-corrected chi connectivity index (χ3v) is 6.20. The molecule has 1 amide bonds. The molecule has 0 unspecified atom stereocenters. The summed E-state index contributed by atoms with van der Waals surface area (Å²) in [5, 5.41) is 7.00. The van der Waals surface area contributed by atoms with Gasteiger partial charge in [0.25, 0.3) is 5.91 Å². The molecule has 1 aliphatic rings. The van der Waals surface area contributed by atoms with Crippen molar-refractivity contribution in [1.82, 2.24) is 15.0 Å². The first kappa shape index (κ1) is 23.7. The number of carbonyl (C=O) groups is 1. The number of amides is 1. The van der Waals surface area contributed by atoms with Crippen molar-refractivity contribution in [1.29, 1.82) is 0 Å². The van der Waals surface area contributed by atoms with E-state index in [1.807, 2.05) is 36.4 Å². The molecule has 0 radical (unpaired) electrons. The highest BCUT2D eigenvalue weighted by molar-refractivity contribution is 6.09. The van der Waals surface area contributed by atoms with Gasteiger partial charge in [-0.15, -0.1) is 0 Å². The van der Waals surface area contributed by atoms with Gasteiger partial charge in [0.15, 0.2) is 0 Å². The summed E-state index contributed by atoms with van der Waals surface area (Å²) in [6.07, 6.45) is 0. The summed E-state index contributed by atoms with van der Waals surface area (Å²) in [5.41, 5.74) is 5.11. The number of nitrogens with one attached hydrogen (secondary N) is 1. The molecule has 1 aliphatic heterocycles. The summed E-state index contributed by atoms with van der Waals surface area (Å²) in [4.78, 5) is 20.2. The van der Waals surface area contributed by atoms with E-state index in [0.717, 1.165) is 49.7 Å². The van der Waals surface area contributed by atoms with Gasteiger partial charge in [0.2, 0.25) is 5.88 Å². The standard InChI is InChI=1S/C28H28N4O4/c1-19-25(26(31-36-19)22-6-4-3-5-7-22)27(33)29-24-13-12-23(30-28(24)34-2)21-10-8-20(9-11-21)18-32-14-16-35-17-15-32/h3-13H,14-18H2,1-2H3,(H,29,33). The second-order valence-corrected chi connectivity index (χ2v) is 8.62. The van der Waals surface area contributed by atoms with Gasteiger partial charge in [-0.25, -0.2) is 4.98 Å². The Bertz CT molecular complexity index is 1330. The fraction of sp³-hybridized carbons (Fsp3) is 0.250. The van der Waals surface area contributed by atoms with E-state index in [1.165, 1.54) is 12.7 Å². The molecule has 4 aromatic rings. The molecule has 8 nitrogen and oxygen atoms in total. The molecule has 0 atom stereocenters. The average molecular weight is 485 g/mol. The van der Waals surface area contributed by atoms with Crippen LogP contribution in [0.15, 0.2) is 71.3 Å². The van der Waals surface area contributed by atoms with Crippen LogP contribution in [0.2, 0.25) is 0 Å². The molecule has 3 heterocycles. The van der Waals surface area contributed by atoms with Crippen LogP contribution >= 0.6 is 0 Å². The smallest absolute Gasteiger partial charge is 0.261 e. The molecule has 0 aliphatic carbocycles. The first-order chi connectivity index (χ1) is 17.6. The Balaban J connectivity index is 1.33. The van der Waals surface area contributed by atoms with Crippen molar-refractivity contribution in [2.75, 3.05) is 38.7 Å². The maximum Gasteiger partial charge on any atom is 0.261 e. The number of benzene rings is 2. The lowest BCUT2D eigenvalue weighted by Crippen LogP contribution is -2.35.